The van der Waals surface area contributed by atoms with Gasteiger partial charge in [0.25, 0.3) is 0 Å². The van der Waals surface area contributed by atoms with Gasteiger partial charge in [0.15, 0.2) is 0 Å². The Morgan fingerprint density at radius 1 is 1.29 bits per heavy atom. The number of hydrogen-bond acceptors (Lipinski definition) is 3. The van der Waals surface area contributed by atoms with E-state index in [1.165, 1.54) is 12.1 Å². The minimum absolute atomic E-state index is 0.184. The van der Waals surface area contributed by atoms with Crippen molar-refractivity contribution < 1.29 is 8.42 Å². The Kier molecular flexibility index (Phi) is 4.67. The van der Waals surface area contributed by atoms with Crippen molar-refractivity contribution in [2.75, 3.05) is 0 Å². The zero-order valence-electron chi connectivity index (χ0n) is 9.92. The van der Waals surface area contributed by atoms with Crippen molar-refractivity contribution in [3.8, 4) is 6.07 Å². The van der Waals surface area contributed by atoms with Gasteiger partial charge in [-0.25, -0.2) is 8.42 Å². The van der Waals surface area contributed by atoms with Crippen molar-refractivity contribution in [2.45, 2.75) is 31.2 Å². The molecule has 17 heavy (non-hydrogen) atoms. The fraction of sp³-hybridized carbons (Fsp3) is 0.417. The minimum atomic E-state index is -3.59. The summed E-state index contributed by atoms with van der Waals surface area (Å²) in [7, 11) is -3.59. The molecule has 0 saturated heterocycles. The molecule has 1 aromatic carbocycles. The van der Waals surface area contributed by atoms with E-state index in [1.807, 2.05) is 19.9 Å². The number of benzene rings is 1. The molecule has 1 atom stereocenters. The average molecular weight is 252 g/mol. The zero-order chi connectivity index (χ0) is 12.9. The Morgan fingerprint density at radius 2 is 1.88 bits per heavy atom. The fourth-order valence-electron chi connectivity index (χ4n) is 1.45. The van der Waals surface area contributed by atoms with Crippen LogP contribution in [0.2, 0.25) is 0 Å². The smallest absolute Gasteiger partial charge is 0.207 e. The largest absolute Gasteiger partial charge is 0.241 e. The standard InChI is InChI=1S/C12H16N2O2S/c1-10(2)8-11(9-13)14-17(15,16)12-6-4-3-5-7-12/h3-7,10-11,14H,8H2,1-2H3. The summed E-state index contributed by atoms with van der Waals surface area (Å²) in [4.78, 5) is 0.184. The first kappa shape index (κ1) is 13.7. The molecular formula is C12H16N2O2S. The van der Waals surface area contributed by atoms with Gasteiger partial charge >= 0.3 is 0 Å². The van der Waals surface area contributed by atoms with Crippen LogP contribution < -0.4 is 4.72 Å². The van der Waals surface area contributed by atoms with Crippen molar-refractivity contribution in [2.24, 2.45) is 5.92 Å². The SMILES string of the molecule is CC(C)CC(C#N)NS(=O)(=O)c1ccccc1. The maximum Gasteiger partial charge on any atom is 0.241 e. The van der Waals surface area contributed by atoms with E-state index >= 15 is 0 Å². The van der Waals surface area contributed by atoms with E-state index < -0.39 is 16.1 Å². The molecule has 0 aliphatic carbocycles. The van der Waals surface area contributed by atoms with Gasteiger partial charge in [0.2, 0.25) is 10.0 Å². The number of nitrogens with one attached hydrogen (secondary N) is 1. The zero-order valence-corrected chi connectivity index (χ0v) is 10.7. The molecule has 0 bridgehead atoms. The van der Waals surface area contributed by atoms with Crippen LogP contribution in [-0.2, 0) is 10.0 Å². The second-order valence-corrected chi connectivity index (χ2v) is 5.96. The van der Waals surface area contributed by atoms with Crippen molar-refractivity contribution in [3.63, 3.8) is 0 Å². The molecule has 0 aliphatic heterocycles. The molecule has 0 amide bonds. The van der Waals surface area contributed by atoms with Gasteiger partial charge in [0, 0.05) is 0 Å². The normalized spacial score (nSPS) is 13.3. The van der Waals surface area contributed by atoms with Gasteiger partial charge in [-0.15, -0.1) is 0 Å². The molecular weight excluding hydrogens is 236 g/mol. The van der Waals surface area contributed by atoms with Crippen molar-refractivity contribution >= 4 is 10.0 Å². The summed E-state index contributed by atoms with van der Waals surface area (Å²) in [6, 6.07) is 9.35. The summed E-state index contributed by atoms with van der Waals surface area (Å²) < 4.78 is 26.2. The monoisotopic (exact) mass is 252 g/mol. The maximum absolute atomic E-state index is 11.9. The van der Waals surface area contributed by atoms with E-state index in [1.54, 1.807) is 18.2 Å². The molecule has 1 aromatic rings. The summed E-state index contributed by atoms with van der Waals surface area (Å²) in [6.07, 6.45) is 0.503. The molecule has 0 fully saturated rings. The van der Waals surface area contributed by atoms with Gasteiger partial charge in [-0.05, 0) is 24.5 Å². The first-order valence-corrected chi connectivity index (χ1v) is 6.91. The average Bonchev–Trinajstić information content (AvgIpc) is 2.28. The Balaban J connectivity index is 2.84. The lowest BCUT2D eigenvalue weighted by Crippen LogP contribution is -2.34. The molecule has 0 spiro atoms. The van der Waals surface area contributed by atoms with Crippen LogP contribution in [0.4, 0.5) is 0 Å². The predicted molar refractivity (Wildman–Crippen MR) is 65.6 cm³/mol. The Labute approximate surface area is 102 Å². The van der Waals surface area contributed by atoms with Gasteiger partial charge in [-0.1, -0.05) is 32.0 Å². The van der Waals surface area contributed by atoms with Gasteiger partial charge in [-0.3, -0.25) is 0 Å². The first-order chi connectivity index (χ1) is 7.95. The van der Waals surface area contributed by atoms with Crippen LogP contribution >= 0.6 is 0 Å². The van der Waals surface area contributed by atoms with Crippen LogP contribution in [0.3, 0.4) is 0 Å². The van der Waals surface area contributed by atoms with E-state index in [-0.39, 0.29) is 10.8 Å². The lowest BCUT2D eigenvalue weighted by atomic mass is 10.1. The third-order valence-corrected chi connectivity index (χ3v) is 3.70. The van der Waals surface area contributed by atoms with Crippen molar-refractivity contribution in [1.29, 1.82) is 5.26 Å². The highest BCUT2D eigenvalue weighted by atomic mass is 32.2. The number of nitrogens with zero attached hydrogens (tertiary/aromatic N) is 1. The maximum atomic E-state index is 11.9. The molecule has 0 saturated carbocycles. The molecule has 0 aliphatic rings. The van der Waals surface area contributed by atoms with E-state index in [4.69, 9.17) is 5.26 Å². The van der Waals surface area contributed by atoms with Crippen LogP contribution in [0, 0.1) is 17.2 Å². The first-order valence-electron chi connectivity index (χ1n) is 5.42. The van der Waals surface area contributed by atoms with Crippen molar-refractivity contribution in [3.05, 3.63) is 30.3 Å². The third kappa shape index (κ3) is 4.17. The number of sulfonamides is 1. The summed E-state index contributed by atoms with van der Waals surface area (Å²) in [5.41, 5.74) is 0. The molecule has 0 heterocycles. The van der Waals surface area contributed by atoms with Crippen LogP contribution in [0.5, 0.6) is 0 Å². The van der Waals surface area contributed by atoms with Crippen molar-refractivity contribution in [1.82, 2.24) is 4.72 Å². The molecule has 0 aromatic heterocycles. The number of rotatable bonds is 5. The van der Waals surface area contributed by atoms with Gasteiger partial charge in [-0.2, -0.15) is 9.98 Å². The molecule has 5 heteroatoms. The van der Waals surface area contributed by atoms with E-state index in [0.717, 1.165) is 0 Å². The predicted octanol–water partition coefficient (Wildman–Crippen LogP) is 1.90. The topological polar surface area (TPSA) is 70.0 Å². The highest BCUT2D eigenvalue weighted by Gasteiger charge is 2.20. The van der Waals surface area contributed by atoms with E-state index in [2.05, 4.69) is 4.72 Å². The molecule has 4 nitrogen and oxygen atoms in total. The number of hydrogen-bond donors (Lipinski definition) is 1. The van der Waals surface area contributed by atoms with Crippen LogP contribution in [0.1, 0.15) is 20.3 Å². The molecule has 1 rings (SSSR count). The summed E-state index contributed by atoms with van der Waals surface area (Å²) in [5.74, 6) is 0.262. The highest BCUT2D eigenvalue weighted by molar-refractivity contribution is 7.89. The van der Waals surface area contributed by atoms with Gasteiger partial charge < -0.3 is 0 Å². The van der Waals surface area contributed by atoms with Crippen LogP contribution in [-0.4, -0.2) is 14.5 Å². The lowest BCUT2D eigenvalue weighted by molar-refractivity contribution is 0.512. The Hall–Kier alpha value is -1.38. The fourth-order valence-corrected chi connectivity index (χ4v) is 2.63. The lowest BCUT2D eigenvalue weighted by Gasteiger charge is -2.13. The van der Waals surface area contributed by atoms with Crippen LogP contribution in [0.15, 0.2) is 35.2 Å². The molecule has 0 radical (unpaired) electrons. The third-order valence-electron chi connectivity index (χ3n) is 2.21. The van der Waals surface area contributed by atoms with Gasteiger partial charge in [0.1, 0.15) is 6.04 Å². The highest BCUT2D eigenvalue weighted by Crippen LogP contribution is 2.11. The second-order valence-electron chi connectivity index (χ2n) is 4.25. The quantitative estimate of drug-likeness (QED) is 0.870. The Morgan fingerprint density at radius 3 is 2.35 bits per heavy atom. The number of nitriles is 1. The van der Waals surface area contributed by atoms with E-state index in [9.17, 15) is 8.42 Å². The van der Waals surface area contributed by atoms with Gasteiger partial charge in [0.05, 0.1) is 11.0 Å². The summed E-state index contributed by atoms with van der Waals surface area (Å²) in [5, 5.41) is 8.91. The van der Waals surface area contributed by atoms with Crippen LogP contribution in [0.25, 0.3) is 0 Å². The molecule has 1 unspecified atom stereocenters. The summed E-state index contributed by atoms with van der Waals surface area (Å²) in [6.45, 7) is 3.89. The summed E-state index contributed by atoms with van der Waals surface area (Å²) >= 11 is 0. The molecule has 1 N–H and O–H groups in total. The van der Waals surface area contributed by atoms with E-state index in [0.29, 0.717) is 6.42 Å². The minimum Gasteiger partial charge on any atom is -0.207 e. The second kappa shape index (κ2) is 5.80. The Bertz CT molecular complexity index is 489. The molecule has 92 valence electrons.